The van der Waals surface area contributed by atoms with E-state index in [1.54, 1.807) is 22.8 Å². The van der Waals surface area contributed by atoms with Crippen molar-refractivity contribution in [2.75, 3.05) is 7.05 Å². The smallest absolute Gasteiger partial charge is 0.322 e. The third-order valence-corrected chi connectivity index (χ3v) is 2.27. The lowest BCUT2D eigenvalue weighted by Gasteiger charge is -2.29. The predicted molar refractivity (Wildman–Crippen MR) is 42.9 cm³/mol. The minimum absolute atomic E-state index is 0.425. The van der Waals surface area contributed by atoms with Crippen LogP contribution in [-0.4, -0.2) is 43.8 Å². The van der Waals surface area contributed by atoms with E-state index < -0.39 is 12.0 Å². The third-order valence-electron chi connectivity index (χ3n) is 2.27. The summed E-state index contributed by atoms with van der Waals surface area (Å²) in [6.45, 7) is 0.963. The molecule has 6 nitrogen and oxygen atoms in total. The number of rotatable bonds is 1. The molecule has 2 heterocycles. The van der Waals surface area contributed by atoms with Crippen LogP contribution in [0.1, 0.15) is 5.82 Å². The quantitative estimate of drug-likeness (QED) is 0.614. The summed E-state index contributed by atoms with van der Waals surface area (Å²) in [4.78, 5) is 12.6. The van der Waals surface area contributed by atoms with Crippen molar-refractivity contribution in [2.24, 2.45) is 0 Å². The zero-order valence-corrected chi connectivity index (χ0v) is 7.21. The van der Waals surface area contributed by atoms with E-state index in [-0.39, 0.29) is 0 Å². The van der Waals surface area contributed by atoms with Gasteiger partial charge in [0.1, 0.15) is 18.2 Å². The normalized spacial score (nSPS) is 22.7. The van der Waals surface area contributed by atoms with Gasteiger partial charge in [-0.25, -0.2) is 0 Å². The van der Waals surface area contributed by atoms with Crippen molar-refractivity contribution in [3.05, 3.63) is 12.2 Å². The SMILES string of the molecule is CN1Cc2nncn2CC1C(=O)O. The number of carbonyl (C=O) groups is 1. The molecule has 0 saturated carbocycles. The second-order valence-electron chi connectivity index (χ2n) is 3.17. The molecule has 70 valence electrons. The van der Waals surface area contributed by atoms with E-state index in [0.29, 0.717) is 13.1 Å². The van der Waals surface area contributed by atoms with Crippen molar-refractivity contribution < 1.29 is 9.90 Å². The molecule has 1 aromatic rings. The van der Waals surface area contributed by atoms with Gasteiger partial charge >= 0.3 is 5.97 Å². The average molecular weight is 182 g/mol. The lowest BCUT2D eigenvalue weighted by atomic mass is 10.2. The van der Waals surface area contributed by atoms with Gasteiger partial charge in [0.25, 0.3) is 0 Å². The van der Waals surface area contributed by atoms with E-state index in [1.807, 2.05) is 0 Å². The highest BCUT2D eigenvalue weighted by Crippen LogP contribution is 2.13. The standard InChI is InChI=1S/C7H10N4O2/c1-10-3-6-9-8-4-11(6)2-5(10)7(12)13/h4-5H,2-3H2,1H3,(H,12,13). The Labute approximate surface area is 74.8 Å². The summed E-state index contributed by atoms with van der Waals surface area (Å²) >= 11 is 0. The van der Waals surface area contributed by atoms with Gasteiger partial charge in [-0.05, 0) is 7.05 Å². The van der Waals surface area contributed by atoms with Gasteiger partial charge in [0, 0.05) is 0 Å². The number of carboxylic acid groups (broad SMARTS) is 1. The topological polar surface area (TPSA) is 71.2 Å². The van der Waals surface area contributed by atoms with Crippen LogP contribution in [-0.2, 0) is 17.9 Å². The van der Waals surface area contributed by atoms with E-state index in [0.717, 1.165) is 5.82 Å². The van der Waals surface area contributed by atoms with Crippen molar-refractivity contribution in [1.82, 2.24) is 19.7 Å². The largest absolute Gasteiger partial charge is 0.480 e. The summed E-state index contributed by atoms with van der Waals surface area (Å²) in [5.41, 5.74) is 0. The highest BCUT2D eigenvalue weighted by Gasteiger charge is 2.29. The molecule has 0 aromatic carbocycles. The van der Waals surface area contributed by atoms with Gasteiger partial charge in [-0.2, -0.15) is 0 Å². The highest BCUT2D eigenvalue weighted by atomic mass is 16.4. The molecule has 1 aliphatic rings. The molecule has 0 bridgehead atoms. The minimum atomic E-state index is -0.804. The number of nitrogens with zero attached hydrogens (tertiary/aromatic N) is 4. The van der Waals surface area contributed by atoms with E-state index in [9.17, 15) is 4.79 Å². The molecule has 1 aromatic heterocycles. The van der Waals surface area contributed by atoms with Crippen LogP contribution >= 0.6 is 0 Å². The van der Waals surface area contributed by atoms with Crippen LogP contribution in [0, 0.1) is 0 Å². The second kappa shape index (κ2) is 2.81. The van der Waals surface area contributed by atoms with Gasteiger partial charge in [-0.15, -0.1) is 10.2 Å². The summed E-state index contributed by atoms with van der Waals surface area (Å²) in [7, 11) is 1.77. The number of aromatic nitrogens is 3. The number of carboxylic acids is 1. The van der Waals surface area contributed by atoms with Crippen LogP contribution < -0.4 is 0 Å². The molecule has 0 saturated heterocycles. The Morgan fingerprint density at radius 2 is 2.54 bits per heavy atom. The van der Waals surface area contributed by atoms with Gasteiger partial charge in [-0.1, -0.05) is 0 Å². The van der Waals surface area contributed by atoms with Gasteiger partial charge in [0.15, 0.2) is 0 Å². The molecule has 2 rings (SSSR count). The lowest BCUT2D eigenvalue weighted by molar-refractivity contribution is -0.144. The fourth-order valence-corrected chi connectivity index (χ4v) is 1.48. The maximum Gasteiger partial charge on any atom is 0.322 e. The van der Waals surface area contributed by atoms with Gasteiger partial charge in [0.05, 0.1) is 13.1 Å². The molecule has 1 atom stereocenters. The summed E-state index contributed by atoms with van der Waals surface area (Å²) in [5.74, 6) is 0.0156. The first-order chi connectivity index (χ1) is 6.18. The van der Waals surface area contributed by atoms with Crippen LogP contribution in [0.5, 0.6) is 0 Å². The summed E-state index contributed by atoms with van der Waals surface area (Å²) in [6, 6.07) is -0.469. The van der Waals surface area contributed by atoms with Crippen molar-refractivity contribution >= 4 is 5.97 Å². The number of hydrogen-bond acceptors (Lipinski definition) is 4. The Kier molecular flexibility index (Phi) is 1.77. The maximum absolute atomic E-state index is 10.8. The van der Waals surface area contributed by atoms with Crippen molar-refractivity contribution in [2.45, 2.75) is 19.1 Å². The van der Waals surface area contributed by atoms with Gasteiger partial charge in [0.2, 0.25) is 0 Å². The molecular formula is C7H10N4O2. The minimum Gasteiger partial charge on any atom is -0.480 e. The second-order valence-corrected chi connectivity index (χ2v) is 3.17. The fourth-order valence-electron chi connectivity index (χ4n) is 1.48. The van der Waals surface area contributed by atoms with E-state index in [2.05, 4.69) is 10.2 Å². The first kappa shape index (κ1) is 8.18. The fraction of sp³-hybridized carbons (Fsp3) is 0.571. The monoisotopic (exact) mass is 182 g/mol. The predicted octanol–water partition coefficient (Wildman–Crippen LogP) is -0.823. The molecule has 0 fully saturated rings. The Bertz CT molecular complexity index is 335. The number of fused-ring (bicyclic) bond motifs is 1. The van der Waals surface area contributed by atoms with Crippen LogP contribution in [0.4, 0.5) is 0 Å². The molecule has 1 aliphatic heterocycles. The van der Waals surface area contributed by atoms with Gasteiger partial charge < -0.3 is 9.67 Å². The number of hydrogen-bond donors (Lipinski definition) is 1. The Morgan fingerprint density at radius 1 is 1.77 bits per heavy atom. The van der Waals surface area contributed by atoms with Crippen LogP contribution in [0.2, 0.25) is 0 Å². The molecule has 1 N–H and O–H groups in total. The van der Waals surface area contributed by atoms with Gasteiger partial charge in [-0.3, -0.25) is 9.69 Å². The number of likely N-dealkylation sites (N-methyl/N-ethyl adjacent to an activating group) is 1. The summed E-state index contributed by atoms with van der Waals surface area (Å²) in [6.07, 6.45) is 1.57. The molecule has 13 heavy (non-hydrogen) atoms. The Morgan fingerprint density at radius 3 is 3.23 bits per heavy atom. The molecule has 0 amide bonds. The Balaban J connectivity index is 2.27. The third kappa shape index (κ3) is 1.29. The summed E-state index contributed by atoms with van der Waals surface area (Å²) in [5, 5.41) is 16.5. The lowest BCUT2D eigenvalue weighted by Crippen LogP contribution is -2.45. The van der Waals surface area contributed by atoms with E-state index in [1.165, 1.54) is 0 Å². The van der Waals surface area contributed by atoms with Crippen molar-refractivity contribution in [3.63, 3.8) is 0 Å². The van der Waals surface area contributed by atoms with E-state index >= 15 is 0 Å². The Hall–Kier alpha value is -1.43. The molecule has 0 radical (unpaired) electrons. The van der Waals surface area contributed by atoms with Crippen LogP contribution in [0.15, 0.2) is 6.33 Å². The van der Waals surface area contributed by atoms with Crippen molar-refractivity contribution in [3.8, 4) is 0 Å². The molecule has 6 heteroatoms. The zero-order chi connectivity index (χ0) is 9.42. The van der Waals surface area contributed by atoms with E-state index in [4.69, 9.17) is 5.11 Å². The maximum atomic E-state index is 10.8. The first-order valence-corrected chi connectivity index (χ1v) is 3.98. The molecule has 1 unspecified atom stereocenters. The number of aliphatic carboxylic acids is 1. The highest BCUT2D eigenvalue weighted by molar-refractivity contribution is 5.73. The molecule has 0 spiro atoms. The average Bonchev–Trinajstić information content (AvgIpc) is 2.48. The summed E-state index contributed by atoms with van der Waals surface area (Å²) < 4.78 is 1.78. The first-order valence-electron chi connectivity index (χ1n) is 3.98. The molecular weight excluding hydrogens is 172 g/mol. The van der Waals surface area contributed by atoms with Crippen LogP contribution in [0.3, 0.4) is 0 Å². The molecule has 0 aliphatic carbocycles. The zero-order valence-electron chi connectivity index (χ0n) is 7.21. The van der Waals surface area contributed by atoms with Crippen molar-refractivity contribution in [1.29, 1.82) is 0 Å². The van der Waals surface area contributed by atoms with Crippen LogP contribution in [0.25, 0.3) is 0 Å².